The lowest BCUT2D eigenvalue weighted by Gasteiger charge is -2.35. The van der Waals surface area contributed by atoms with E-state index in [1.54, 1.807) is 17.0 Å². The number of ether oxygens (including phenoxy) is 1. The van der Waals surface area contributed by atoms with Gasteiger partial charge in [-0.05, 0) is 92.9 Å². The van der Waals surface area contributed by atoms with Crippen molar-refractivity contribution in [3.63, 3.8) is 0 Å². The smallest absolute Gasteiger partial charge is 0.326 e. The van der Waals surface area contributed by atoms with Crippen LogP contribution in [0.1, 0.15) is 42.5 Å². The number of carbonyl (C=O) groups excluding carboxylic acids is 1. The molecule has 7 nitrogen and oxygen atoms in total. The number of urea groups is 1. The first-order valence-electron chi connectivity index (χ1n) is 12.1. The number of hydrogen-bond acceptors (Lipinski definition) is 5. The molecule has 2 heterocycles. The van der Waals surface area contributed by atoms with Crippen molar-refractivity contribution in [2.45, 2.75) is 33.7 Å². The van der Waals surface area contributed by atoms with Gasteiger partial charge in [-0.25, -0.2) is 9.18 Å². The van der Waals surface area contributed by atoms with E-state index in [1.165, 1.54) is 12.1 Å². The number of amides is 2. The third kappa shape index (κ3) is 4.70. The maximum atomic E-state index is 13.4. The fourth-order valence-electron chi connectivity index (χ4n) is 4.42. The predicted octanol–water partition coefficient (Wildman–Crippen LogP) is 6.59. The minimum absolute atomic E-state index is 0.262. The van der Waals surface area contributed by atoms with Crippen LogP contribution in [0.4, 0.5) is 14.9 Å². The van der Waals surface area contributed by atoms with Crippen molar-refractivity contribution in [3.8, 4) is 17.1 Å². The topological polar surface area (TPSA) is 80.5 Å². The zero-order valence-corrected chi connectivity index (χ0v) is 21.1. The van der Waals surface area contributed by atoms with Crippen LogP contribution in [0, 0.1) is 19.7 Å². The van der Waals surface area contributed by atoms with E-state index in [0.717, 1.165) is 28.1 Å². The van der Waals surface area contributed by atoms with Gasteiger partial charge < -0.3 is 14.6 Å². The third-order valence-electron chi connectivity index (χ3n) is 6.52. The molecule has 188 valence electrons. The van der Waals surface area contributed by atoms with E-state index in [4.69, 9.17) is 9.26 Å². The molecule has 0 fully saturated rings. The van der Waals surface area contributed by atoms with E-state index in [2.05, 4.69) is 15.5 Å². The van der Waals surface area contributed by atoms with Gasteiger partial charge in [0.2, 0.25) is 5.82 Å². The molecule has 5 rings (SSSR count). The Morgan fingerprint density at radius 2 is 1.73 bits per heavy atom. The van der Waals surface area contributed by atoms with E-state index in [9.17, 15) is 9.18 Å². The second-order valence-corrected chi connectivity index (χ2v) is 8.92. The van der Waals surface area contributed by atoms with Crippen LogP contribution >= 0.6 is 0 Å². The lowest BCUT2D eigenvalue weighted by molar-refractivity contribution is 0.244. The van der Waals surface area contributed by atoms with Crippen LogP contribution in [0.5, 0.6) is 5.75 Å². The maximum absolute atomic E-state index is 13.4. The van der Waals surface area contributed by atoms with Gasteiger partial charge >= 0.3 is 6.03 Å². The first-order chi connectivity index (χ1) is 17.9. The van der Waals surface area contributed by atoms with Crippen molar-refractivity contribution in [2.24, 2.45) is 0 Å². The molecule has 3 aromatic carbocycles. The van der Waals surface area contributed by atoms with E-state index in [0.29, 0.717) is 29.3 Å². The number of aromatic nitrogens is 2. The van der Waals surface area contributed by atoms with Gasteiger partial charge in [0.25, 0.3) is 5.89 Å². The Hall–Kier alpha value is -4.46. The molecule has 4 aromatic rings. The van der Waals surface area contributed by atoms with Gasteiger partial charge in [0.1, 0.15) is 11.6 Å². The number of nitrogens with zero attached hydrogens (tertiary/aromatic N) is 3. The fourth-order valence-corrected chi connectivity index (χ4v) is 4.42. The van der Waals surface area contributed by atoms with E-state index in [-0.39, 0.29) is 17.7 Å². The Kier molecular flexibility index (Phi) is 6.48. The summed E-state index contributed by atoms with van der Waals surface area (Å²) in [6, 6.07) is 18.5. The average Bonchev–Trinajstić information content (AvgIpc) is 3.36. The zero-order valence-electron chi connectivity index (χ0n) is 21.1. The first kappa shape index (κ1) is 24.2. The largest absolute Gasteiger partial charge is 0.494 e. The highest BCUT2D eigenvalue weighted by molar-refractivity contribution is 6.01. The number of hydrogen-bond donors (Lipinski definition) is 1. The summed E-state index contributed by atoms with van der Waals surface area (Å²) >= 11 is 0. The van der Waals surface area contributed by atoms with E-state index >= 15 is 0 Å². The molecular formula is C29H27FN4O3. The van der Waals surface area contributed by atoms with Crippen LogP contribution in [0.3, 0.4) is 0 Å². The molecule has 1 aromatic heterocycles. The normalized spacial score (nSPS) is 15.6. The molecule has 1 unspecified atom stereocenters. The third-order valence-corrected chi connectivity index (χ3v) is 6.52. The van der Waals surface area contributed by atoms with E-state index < -0.39 is 6.04 Å². The lowest BCUT2D eigenvalue weighted by atomic mass is 9.94. The maximum Gasteiger partial charge on any atom is 0.326 e. The summed E-state index contributed by atoms with van der Waals surface area (Å²) in [7, 11) is 0. The van der Waals surface area contributed by atoms with Crippen molar-refractivity contribution in [1.82, 2.24) is 15.5 Å². The number of aryl methyl sites for hydroxylation is 2. The molecule has 0 aliphatic carbocycles. The summed E-state index contributed by atoms with van der Waals surface area (Å²) in [5.74, 6) is 0.990. The molecule has 0 saturated carbocycles. The van der Waals surface area contributed by atoms with Gasteiger partial charge in [0.15, 0.2) is 0 Å². The van der Waals surface area contributed by atoms with Crippen LogP contribution in [-0.2, 0) is 0 Å². The fraction of sp³-hybridized carbons (Fsp3) is 0.207. The Balaban J connectivity index is 1.63. The number of allylic oxidation sites excluding steroid dienone is 1. The van der Waals surface area contributed by atoms with Crippen molar-refractivity contribution in [1.29, 1.82) is 0 Å². The van der Waals surface area contributed by atoms with Crippen molar-refractivity contribution < 1.29 is 18.4 Å². The molecular weight excluding hydrogens is 471 g/mol. The highest BCUT2D eigenvalue weighted by Crippen LogP contribution is 2.39. The molecule has 37 heavy (non-hydrogen) atoms. The number of carbonyl (C=O) groups is 1. The summed E-state index contributed by atoms with van der Waals surface area (Å²) in [5.41, 5.74) is 5.74. The van der Waals surface area contributed by atoms with Gasteiger partial charge in [-0.1, -0.05) is 23.4 Å². The van der Waals surface area contributed by atoms with Crippen molar-refractivity contribution >= 4 is 17.3 Å². The minimum atomic E-state index is -0.535. The molecule has 0 radical (unpaired) electrons. The quantitative estimate of drug-likeness (QED) is 0.324. The molecule has 1 aliphatic rings. The number of halogens is 1. The van der Waals surface area contributed by atoms with Crippen LogP contribution in [-0.4, -0.2) is 22.8 Å². The van der Waals surface area contributed by atoms with Crippen molar-refractivity contribution in [2.75, 3.05) is 11.5 Å². The number of rotatable bonds is 6. The average molecular weight is 499 g/mol. The highest BCUT2D eigenvalue weighted by atomic mass is 19.1. The Morgan fingerprint density at radius 1 is 1.00 bits per heavy atom. The number of nitrogens with one attached hydrogen (secondary N) is 1. The van der Waals surface area contributed by atoms with Crippen LogP contribution in [0.2, 0.25) is 0 Å². The zero-order chi connectivity index (χ0) is 26.1. The molecule has 8 heteroatoms. The molecule has 2 amide bonds. The Bertz CT molecular complexity index is 1480. The first-order valence-corrected chi connectivity index (χ1v) is 12.1. The van der Waals surface area contributed by atoms with Gasteiger partial charge in [0, 0.05) is 11.3 Å². The van der Waals surface area contributed by atoms with Gasteiger partial charge in [-0.15, -0.1) is 0 Å². The monoisotopic (exact) mass is 498 g/mol. The highest BCUT2D eigenvalue weighted by Gasteiger charge is 2.36. The van der Waals surface area contributed by atoms with Crippen LogP contribution < -0.4 is 15.0 Å². The lowest BCUT2D eigenvalue weighted by Crippen LogP contribution is -2.46. The molecule has 0 bridgehead atoms. The van der Waals surface area contributed by atoms with Gasteiger partial charge in [-0.3, -0.25) is 4.90 Å². The van der Waals surface area contributed by atoms with Crippen molar-refractivity contribution in [3.05, 3.63) is 101 Å². The van der Waals surface area contributed by atoms with E-state index in [1.807, 2.05) is 70.2 Å². The van der Waals surface area contributed by atoms with Gasteiger partial charge in [0.05, 0.1) is 23.9 Å². The summed E-state index contributed by atoms with van der Waals surface area (Å²) in [6.45, 7) is 8.39. The molecule has 1 atom stereocenters. The summed E-state index contributed by atoms with van der Waals surface area (Å²) in [6.07, 6.45) is 0. The second-order valence-electron chi connectivity index (χ2n) is 8.92. The molecule has 1 aliphatic heterocycles. The molecule has 1 N–H and O–H groups in total. The second kappa shape index (κ2) is 9.89. The summed E-state index contributed by atoms with van der Waals surface area (Å²) in [5, 5.41) is 7.25. The summed E-state index contributed by atoms with van der Waals surface area (Å²) in [4.78, 5) is 19.7. The Labute approximate surface area is 214 Å². The van der Waals surface area contributed by atoms with Crippen LogP contribution in [0.25, 0.3) is 17.0 Å². The summed E-state index contributed by atoms with van der Waals surface area (Å²) < 4.78 is 24.7. The predicted molar refractivity (Wildman–Crippen MR) is 140 cm³/mol. The van der Waals surface area contributed by atoms with Crippen LogP contribution in [0.15, 0.2) is 77.0 Å². The SMILES string of the molecule is CCOc1ccc(C2NC(=O)N(c3ccc(C)c(C)c3)C(C)=C2c2nc(-c3ccc(F)cc3)no2)cc1. The number of anilines is 1. The number of benzene rings is 3. The molecule has 0 saturated heterocycles. The molecule has 0 spiro atoms. The standard InChI is InChI=1S/C29H27FN4O3/c1-5-36-24-14-9-20(10-15-24)26-25(28-32-27(33-37-28)21-7-11-22(30)12-8-21)19(4)34(29(35)31-26)23-13-6-17(2)18(3)16-23/h6-16,26H,5H2,1-4H3,(H,31,35). The van der Waals surface area contributed by atoms with Gasteiger partial charge in [-0.2, -0.15) is 4.98 Å². The Morgan fingerprint density at radius 3 is 2.41 bits per heavy atom. The minimum Gasteiger partial charge on any atom is -0.494 e.